The Bertz CT molecular complexity index is 275. The van der Waals surface area contributed by atoms with Crippen LogP contribution in [0.1, 0.15) is 52.9 Å². The van der Waals surface area contributed by atoms with Crippen molar-refractivity contribution >= 4 is 6.79 Å². The Kier molecular flexibility index (Phi) is 14.5. The molecule has 18 heavy (non-hydrogen) atoms. The summed E-state index contributed by atoms with van der Waals surface area (Å²) in [6.45, 7) is 12.2. The van der Waals surface area contributed by atoms with Crippen LogP contribution in [0.25, 0.3) is 0 Å². The molecule has 0 unspecified atom stereocenters. The maximum absolute atomic E-state index is 8.00. The zero-order valence-electron chi connectivity index (χ0n) is 12.4. The highest BCUT2D eigenvalue weighted by Gasteiger charge is 2.04. The van der Waals surface area contributed by atoms with E-state index >= 15 is 0 Å². The monoisotopic (exact) mass is 252 g/mol. The van der Waals surface area contributed by atoms with Crippen molar-refractivity contribution in [2.24, 2.45) is 0 Å². The van der Waals surface area contributed by atoms with Gasteiger partial charge in [-0.1, -0.05) is 44.4 Å². The van der Waals surface area contributed by atoms with Crippen molar-refractivity contribution in [2.45, 2.75) is 52.9 Å². The van der Waals surface area contributed by atoms with Gasteiger partial charge in [-0.15, -0.1) is 0 Å². The van der Waals surface area contributed by atoms with E-state index in [1.807, 2.05) is 19.8 Å². The first-order chi connectivity index (χ1) is 8.65. The number of carbonyl (C=O) groups excluding carboxylic acids is 1. The first-order valence-corrected chi connectivity index (χ1v) is 6.51. The lowest BCUT2D eigenvalue weighted by Gasteiger charge is -2.11. The molecular formula is C16H28O2. The van der Waals surface area contributed by atoms with Crippen molar-refractivity contribution in [3.8, 4) is 0 Å². The Morgan fingerprint density at radius 3 is 2.22 bits per heavy atom. The van der Waals surface area contributed by atoms with Gasteiger partial charge in [-0.25, -0.2) is 0 Å². The molecule has 0 aromatic rings. The van der Waals surface area contributed by atoms with Crippen LogP contribution < -0.4 is 0 Å². The van der Waals surface area contributed by atoms with Crippen LogP contribution in [0, 0.1) is 0 Å². The summed E-state index contributed by atoms with van der Waals surface area (Å²) in [5, 5.41) is 0. The number of unbranched alkanes of at least 4 members (excludes halogenated alkanes) is 3. The fourth-order valence-electron chi connectivity index (χ4n) is 1.66. The van der Waals surface area contributed by atoms with E-state index in [2.05, 4.69) is 26.5 Å². The van der Waals surface area contributed by atoms with Gasteiger partial charge in [-0.2, -0.15) is 0 Å². The molecular weight excluding hydrogens is 224 g/mol. The SMILES string of the molecule is C=C(C)/C=C(OC)\C(=C/C)CCCCCC.C=O. The smallest absolute Gasteiger partial charge is 0.121 e. The van der Waals surface area contributed by atoms with Crippen LogP contribution in [0.2, 0.25) is 0 Å². The lowest BCUT2D eigenvalue weighted by molar-refractivity contribution is -0.0979. The zero-order valence-corrected chi connectivity index (χ0v) is 12.4. The van der Waals surface area contributed by atoms with Gasteiger partial charge in [0.2, 0.25) is 0 Å². The highest BCUT2D eigenvalue weighted by atomic mass is 16.5. The Hall–Kier alpha value is -1.31. The molecule has 0 radical (unpaired) electrons. The molecule has 0 aliphatic rings. The Balaban J connectivity index is 0. The first-order valence-electron chi connectivity index (χ1n) is 6.51. The summed E-state index contributed by atoms with van der Waals surface area (Å²) in [7, 11) is 1.73. The van der Waals surface area contributed by atoms with E-state index in [1.165, 1.54) is 31.3 Å². The summed E-state index contributed by atoms with van der Waals surface area (Å²) in [6.07, 6.45) is 10.4. The van der Waals surface area contributed by atoms with Crippen LogP contribution in [-0.2, 0) is 9.53 Å². The number of methoxy groups -OCH3 is 1. The fourth-order valence-corrected chi connectivity index (χ4v) is 1.66. The van der Waals surface area contributed by atoms with Crippen molar-refractivity contribution in [1.82, 2.24) is 0 Å². The molecule has 0 amide bonds. The second-order valence-corrected chi connectivity index (χ2v) is 4.18. The van der Waals surface area contributed by atoms with Gasteiger partial charge in [0.15, 0.2) is 0 Å². The van der Waals surface area contributed by atoms with E-state index in [1.54, 1.807) is 7.11 Å². The topological polar surface area (TPSA) is 26.3 Å². The Labute approximate surface area is 112 Å². The average Bonchev–Trinajstić information content (AvgIpc) is 2.39. The van der Waals surface area contributed by atoms with Crippen molar-refractivity contribution in [3.63, 3.8) is 0 Å². The van der Waals surface area contributed by atoms with Gasteiger partial charge in [-0.05, 0) is 38.3 Å². The molecule has 0 atom stereocenters. The van der Waals surface area contributed by atoms with Gasteiger partial charge >= 0.3 is 0 Å². The van der Waals surface area contributed by atoms with Crippen molar-refractivity contribution in [2.75, 3.05) is 7.11 Å². The first kappa shape index (κ1) is 19.0. The summed E-state index contributed by atoms with van der Waals surface area (Å²) in [5.41, 5.74) is 2.33. The maximum atomic E-state index is 8.00. The second kappa shape index (κ2) is 13.8. The van der Waals surface area contributed by atoms with E-state index in [0.29, 0.717) is 0 Å². The van der Waals surface area contributed by atoms with Gasteiger partial charge in [0.1, 0.15) is 12.5 Å². The number of hydrogen-bond acceptors (Lipinski definition) is 2. The van der Waals surface area contributed by atoms with Crippen LogP contribution in [0.15, 0.2) is 35.6 Å². The molecule has 0 spiro atoms. The van der Waals surface area contributed by atoms with Crippen LogP contribution in [0.5, 0.6) is 0 Å². The van der Waals surface area contributed by atoms with Gasteiger partial charge in [0, 0.05) is 0 Å². The zero-order chi connectivity index (χ0) is 14.4. The van der Waals surface area contributed by atoms with Crippen LogP contribution in [0.3, 0.4) is 0 Å². The van der Waals surface area contributed by atoms with E-state index in [-0.39, 0.29) is 0 Å². The molecule has 0 heterocycles. The van der Waals surface area contributed by atoms with Crippen molar-refractivity contribution < 1.29 is 9.53 Å². The highest BCUT2D eigenvalue weighted by molar-refractivity contribution is 5.31. The standard InChI is InChI=1S/C15H26O.CH2O/c1-6-8-9-10-11-14(7-2)15(16-5)12-13(3)4;1-2/h7,12H,3,6,8-11H2,1-2,4-5H3;1H2/b14-7-,15-12+;. The summed E-state index contributed by atoms with van der Waals surface area (Å²) in [5.74, 6) is 0.964. The van der Waals surface area contributed by atoms with Crippen molar-refractivity contribution in [1.29, 1.82) is 0 Å². The van der Waals surface area contributed by atoms with E-state index in [0.717, 1.165) is 17.8 Å². The van der Waals surface area contributed by atoms with Gasteiger partial charge in [0.05, 0.1) is 7.11 Å². The molecule has 0 bridgehead atoms. The number of rotatable bonds is 8. The van der Waals surface area contributed by atoms with Gasteiger partial charge in [-0.3, -0.25) is 0 Å². The quantitative estimate of drug-likeness (QED) is 0.351. The fraction of sp³-hybridized carbons (Fsp3) is 0.562. The molecule has 0 fully saturated rings. The largest absolute Gasteiger partial charge is 0.496 e. The minimum atomic E-state index is 0.964. The molecule has 104 valence electrons. The minimum Gasteiger partial charge on any atom is -0.496 e. The maximum Gasteiger partial charge on any atom is 0.121 e. The third-order valence-electron chi connectivity index (χ3n) is 2.56. The minimum absolute atomic E-state index is 0.964. The predicted molar refractivity (Wildman–Crippen MR) is 79.5 cm³/mol. The molecule has 0 rings (SSSR count). The molecule has 0 N–H and O–H groups in total. The molecule has 0 aliphatic carbocycles. The summed E-state index contributed by atoms with van der Waals surface area (Å²) in [6, 6.07) is 0. The molecule has 0 aromatic heterocycles. The van der Waals surface area contributed by atoms with E-state index < -0.39 is 0 Å². The summed E-state index contributed by atoms with van der Waals surface area (Å²) < 4.78 is 5.40. The second-order valence-electron chi connectivity index (χ2n) is 4.18. The van der Waals surface area contributed by atoms with Crippen LogP contribution >= 0.6 is 0 Å². The highest BCUT2D eigenvalue weighted by Crippen LogP contribution is 2.20. The molecule has 0 aliphatic heterocycles. The normalized spacial score (nSPS) is 11.6. The molecule has 0 saturated heterocycles. The number of ether oxygens (including phenoxy) is 1. The van der Waals surface area contributed by atoms with Gasteiger partial charge in [0.25, 0.3) is 0 Å². The third kappa shape index (κ3) is 9.88. The van der Waals surface area contributed by atoms with Crippen LogP contribution in [-0.4, -0.2) is 13.9 Å². The summed E-state index contributed by atoms with van der Waals surface area (Å²) >= 11 is 0. The van der Waals surface area contributed by atoms with E-state index in [4.69, 9.17) is 9.53 Å². The molecule has 0 saturated carbocycles. The van der Waals surface area contributed by atoms with Crippen LogP contribution in [0.4, 0.5) is 0 Å². The van der Waals surface area contributed by atoms with E-state index in [9.17, 15) is 0 Å². The number of hydrogen-bond donors (Lipinski definition) is 0. The van der Waals surface area contributed by atoms with Gasteiger partial charge < -0.3 is 9.53 Å². The average molecular weight is 252 g/mol. The Morgan fingerprint density at radius 1 is 1.22 bits per heavy atom. The number of carbonyl (C=O) groups is 1. The molecule has 2 nitrogen and oxygen atoms in total. The molecule has 0 aromatic carbocycles. The lowest BCUT2D eigenvalue weighted by atomic mass is 10.0. The van der Waals surface area contributed by atoms with Crippen molar-refractivity contribution in [3.05, 3.63) is 35.6 Å². The number of allylic oxidation sites excluding steroid dienone is 4. The molecule has 2 heteroatoms. The Morgan fingerprint density at radius 2 is 1.83 bits per heavy atom. The third-order valence-corrected chi connectivity index (χ3v) is 2.56. The lowest BCUT2D eigenvalue weighted by Crippen LogP contribution is -1.94. The predicted octanol–water partition coefficient (Wildman–Crippen LogP) is 4.82. The summed E-state index contributed by atoms with van der Waals surface area (Å²) in [4.78, 5) is 8.00.